The summed E-state index contributed by atoms with van der Waals surface area (Å²) in [4.78, 5) is 12.4. The third-order valence-electron chi connectivity index (χ3n) is 3.69. The van der Waals surface area contributed by atoms with E-state index in [0.717, 1.165) is 12.8 Å². The number of hydrogen-bond donors (Lipinski definition) is 2. The second-order valence-electron chi connectivity index (χ2n) is 5.69. The van der Waals surface area contributed by atoms with Crippen molar-refractivity contribution in [2.24, 2.45) is 0 Å². The SMILES string of the molecule is Cc1cc(S(=O)(=O)NC2CC2)ccc1NC(=O)c1ccccc1. The first kappa shape index (κ1) is 15.7. The molecular formula is C17H18N2O3S. The maximum atomic E-state index is 12.2. The number of aryl methyl sites for hydroxylation is 1. The van der Waals surface area contributed by atoms with Crippen LogP contribution in [-0.2, 0) is 10.0 Å². The summed E-state index contributed by atoms with van der Waals surface area (Å²) in [6, 6.07) is 13.7. The maximum absolute atomic E-state index is 12.2. The Bertz CT molecular complexity index is 828. The van der Waals surface area contributed by atoms with Crippen molar-refractivity contribution in [1.29, 1.82) is 0 Å². The number of sulfonamides is 1. The van der Waals surface area contributed by atoms with Crippen molar-refractivity contribution in [3.63, 3.8) is 0 Å². The Morgan fingerprint density at radius 1 is 1.09 bits per heavy atom. The molecular weight excluding hydrogens is 312 g/mol. The molecule has 120 valence electrons. The maximum Gasteiger partial charge on any atom is 0.255 e. The monoisotopic (exact) mass is 330 g/mol. The van der Waals surface area contributed by atoms with Gasteiger partial charge in [-0.05, 0) is 55.7 Å². The standard InChI is InChI=1S/C17H18N2O3S/c1-12-11-15(23(21,22)19-14-7-8-14)9-10-16(12)18-17(20)13-5-3-2-4-6-13/h2-6,9-11,14,19H,7-8H2,1H3,(H,18,20). The van der Waals surface area contributed by atoms with Gasteiger partial charge in [0.25, 0.3) is 5.91 Å². The van der Waals surface area contributed by atoms with Gasteiger partial charge in [-0.2, -0.15) is 0 Å². The number of carbonyl (C=O) groups excluding carboxylic acids is 1. The third kappa shape index (κ3) is 3.78. The second kappa shape index (κ2) is 6.14. The van der Waals surface area contributed by atoms with Crippen LogP contribution in [0, 0.1) is 6.92 Å². The van der Waals surface area contributed by atoms with Crippen LogP contribution in [0.25, 0.3) is 0 Å². The predicted octanol–water partition coefficient (Wildman–Crippen LogP) is 2.69. The molecule has 0 spiro atoms. The van der Waals surface area contributed by atoms with Crippen molar-refractivity contribution in [3.8, 4) is 0 Å². The van der Waals surface area contributed by atoms with Crippen LogP contribution < -0.4 is 10.0 Å². The molecule has 1 aliphatic rings. The molecule has 0 unspecified atom stereocenters. The van der Waals surface area contributed by atoms with E-state index in [0.29, 0.717) is 16.8 Å². The number of anilines is 1. The summed E-state index contributed by atoms with van der Waals surface area (Å²) in [6.45, 7) is 1.77. The van der Waals surface area contributed by atoms with Crippen molar-refractivity contribution in [2.45, 2.75) is 30.7 Å². The summed E-state index contributed by atoms with van der Waals surface area (Å²) in [5.41, 5.74) is 1.86. The van der Waals surface area contributed by atoms with E-state index in [9.17, 15) is 13.2 Å². The van der Waals surface area contributed by atoms with Gasteiger partial charge in [-0.1, -0.05) is 18.2 Å². The van der Waals surface area contributed by atoms with Crippen molar-refractivity contribution in [1.82, 2.24) is 4.72 Å². The number of rotatable bonds is 5. The Morgan fingerprint density at radius 3 is 2.39 bits per heavy atom. The van der Waals surface area contributed by atoms with Gasteiger partial charge in [0.05, 0.1) is 4.90 Å². The fourth-order valence-corrected chi connectivity index (χ4v) is 3.61. The van der Waals surface area contributed by atoms with Crippen molar-refractivity contribution >= 4 is 21.6 Å². The fraction of sp³-hybridized carbons (Fsp3) is 0.235. The Kier molecular flexibility index (Phi) is 4.19. The summed E-state index contributed by atoms with van der Waals surface area (Å²) in [5, 5.41) is 2.80. The highest BCUT2D eigenvalue weighted by atomic mass is 32.2. The molecule has 0 heterocycles. The van der Waals surface area contributed by atoms with Crippen LogP contribution in [0.2, 0.25) is 0 Å². The highest BCUT2D eigenvalue weighted by Gasteiger charge is 2.28. The molecule has 0 bridgehead atoms. The highest BCUT2D eigenvalue weighted by Crippen LogP contribution is 2.24. The van der Waals surface area contributed by atoms with Gasteiger partial charge < -0.3 is 5.32 Å². The van der Waals surface area contributed by atoms with Gasteiger partial charge >= 0.3 is 0 Å². The molecule has 2 aromatic rings. The quantitative estimate of drug-likeness (QED) is 0.885. The van der Waals surface area contributed by atoms with Crippen LogP contribution in [0.4, 0.5) is 5.69 Å². The van der Waals surface area contributed by atoms with E-state index in [1.807, 2.05) is 6.07 Å². The second-order valence-corrected chi connectivity index (χ2v) is 7.41. The largest absolute Gasteiger partial charge is 0.322 e. The summed E-state index contributed by atoms with van der Waals surface area (Å²) >= 11 is 0. The van der Waals surface area contributed by atoms with Crippen LogP contribution >= 0.6 is 0 Å². The minimum absolute atomic E-state index is 0.0674. The number of carbonyl (C=O) groups is 1. The van der Waals surface area contributed by atoms with E-state index in [1.165, 1.54) is 6.07 Å². The Morgan fingerprint density at radius 2 is 1.78 bits per heavy atom. The normalized spacial score (nSPS) is 14.5. The first-order chi connectivity index (χ1) is 11.0. The number of hydrogen-bond acceptors (Lipinski definition) is 3. The molecule has 0 radical (unpaired) electrons. The Hall–Kier alpha value is -2.18. The lowest BCUT2D eigenvalue weighted by Gasteiger charge is -2.11. The molecule has 1 amide bonds. The zero-order valence-corrected chi connectivity index (χ0v) is 13.6. The topological polar surface area (TPSA) is 75.3 Å². The van der Waals surface area contributed by atoms with Crippen LogP contribution in [0.1, 0.15) is 28.8 Å². The van der Waals surface area contributed by atoms with Crippen LogP contribution in [0.5, 0.6) is 0 Å². The molecule has 0 saturated heterocycles. The summed E-state index contributed by atoms with van der Waals surface area (Å²) in [5.74, 6) is -0.222. The molecule has 6 heteroatoms. The molecule has 2 N–H and O–H groups in total. The van der Waals surface area contributed by atoms with Crippen LogP contribution in [0.3, 0.4) is 0 Å². The van der Waals surface area contributed by atoms with E-state index >= 15 is 0 Å². The van der Waals surface area contributed by atoms with Gasteiger partial charge in [-0.15, -0.1) is 0 Å². The molecule has 2 aromatic carbocycles. The first-order valence-electron chi connectivity index (χ1n) is 7.45. The minimum Gasteiger partial charge on any atom is -0.322 e. The lowest BCUT2D eigenvalue weighted by atomic mass is 10.1. The molecule has 0 aromatic heterocycles. The zero-order chi connectivity index (χ0) is 16.4. The summed E-state index contributed by atoms with van der Waals surface area (Å²) in [6.07, 6.45) is 1.78. The highest BCUT2D eigenvalue weighted by molar-refractivity contribution is 7.89. The van der Waals surface area contributed by atoms with Crippen LogP contribution in [-0.4, -0.2) is 20.4 Å². The van der Waals surface area contributed by atoms with Crippen LogP contribution in [0.15, 0.2) is 53.4 Å². The van der Waals surface area contributed by atoms with Gasteiger partial charge in [0.1, 0.15) is 0 Å². The summed E-state index contributed by atoms with van der Waals surface area (Å²) < 4.78 is 27.0. The number of nitrogens with one attached hydrogen (secondary N) is 2. The lowest BCUT2D eigenvalue weighted by Crippen LogP contribution is -2.25. The fourth-order valence-electron chi connectivity index (χ4n) is 2.22. The smallest absolute Gasteiger partial charge is 0.255 e. The molecule has 1 saturated carbocycles. The van der Waals surface area contributed by atoms with Gasteiger partial charge in [0.2, 0.25) is 10.0 Å². The average molecular weight is 330 g/mol. The molecule has 1 aliphatic carbocycles. The molecule has 0 atom stereocenters. The lowest BCUT2D eigenvalue weighted by molar-refractivity contribution is 0.102. The molecule has 23 heavy (non-hydrogen) atoms. The Labute approximate surface area is 135 Å². The van der Waals surface area contributed by atoms with Gasteiger partial charge in [-0.25, -0.2) is 13.1 Å². The number of benzene rings is 2. The van der Waals surface area contributed by atoms with Gasteiger partial charge in [0.15, 0.2) is 0 Å². The average Bonchev–Trinajstić information content (AvgIpc) is 3.33. The third-order valence-corrected chi connectivity index (χ3v) is 5.21. The van der Waals surface area contributed by atoms with E-state index in [-0.39, 0.29) is 16.8 Å². The van der Waals surface area contributed by atoms with E-state index in [4.69, 9.17) is 0 Å². The van der Waals surface area contributed by atoms with Gasteiger partial charge in [0, 0.05) is 17.3 Å². The minimum atomic E-state index is -3.48. The molecule has 3 rings (SSSR count). The molecule has 5 nitrogen and oxygen atoms in total. The van der Waals surface area contributed by atoms with Crippen molar-refractivity contribution in [2.75, 3.05) is 5.32 Å². The molecule has 0 aliphatic heterocycles. The zero-order valence-electron chi connectivity index (χ0n) is 12.7. The van der Waals surface area contributed by atoms with Gasteiger partial charge in [-0.3, -0.25) is 4.79 Å². The van der Waals surface area contributed by atoms with Crippen molar-refractivity contribution < 1.29 is 13.2 Å². The van der Waals surface area contributed by atoms with E-state index < -0.39 is 10.0 Å². The Balaban J connectivity index is 1.78. The first-order valence-corrected chi connectivity index (χ1v) is 8.93. The van der Waals surface area contributed by atoms with E-state index in [1.54, 1.807) is 43.3 Å². The number of amides is 1. The summed E-state index contributed by atoms with van der Waals surface area (Å²) in [7, 11) is -3.48. The van der Waals surface area contributed by atoms with E-state index in [2.05, 4.69) is 10.0 Å². The van der Waals surface area contributed by atoms with Crippen molar-refractivity contribution in [3.05, 3.63) is 59.7 Å². The molecule has 1 fully saturated rings. The predicted molar refractivity (Wildman–Crippen MR) is 88.9 cm³/mol.